The Morgan fingerprint density at radius 2 is 1.85 bits per heavy atom. The first-order valence-corrected chi connectivity index (χ1v) is 8.66. The van der Waals surface area contributed by atoms with Crippen LogP contribution in [0, 0.1) is 0 Å². The SMILES string of the molecule is CNC(=O)C1Cc2ccccc2N1C(=O)NCc1ccc(OC)c(OC)c1. The molecule has 0 spiro atoms. The van der Waals surface area contributed by atoms with Crippen LogP contribution in [-0.2, 0) is 17.8 Å². The van der Waals surface area contributed by atoms with Crippen molar-refractivity contribution >= 4 is 17.6 Å². The van der Waals surface area contributed by atoms with Gasteiger partial charge in [0.2, 0.25) is 5.91 Å². The average molecular weight is 369 g/mol. The summed E-state index contributed by atoms with van der Waals surface area (Å²) in [6.07, 6.45) is 0.500. The largest absolute Gasteiger partial charge is 0.493 e. The van der Waals surface area contributed by atoms with E-state index in [1.165, 1.54) is 4.90 Å². The molecule has 0 bridgehead atoms. The van der Waals surface area contributed by atoms with Crippen LogP contribution in [0.15, 0.2) is 42.5 Å². The van der Waals surface area contributed by atoms with E-state index in [1.54, 1.807) is 27.3 Å². The second-order valence-corrected chi connectivity index (χ2v) is 6.18. The lowest BCUT2D eigenvalue weighted by Crippen LogP contribution is -2.50. The number of hydrogen-bond donors (Lipinski definition) is 2. The number of rotatable bonds is 5. The van der Waals surface area contributed by atoms with Crippen LogP contribution in [0.4, 0.5) is 10.5 Å². The number of hydrogen-bond acceptors (Lipinski definition) is 4. The number of amides is 3. The lowest BCUT2D eigenvalue weighted by Gasteiger charge is -2.24. The third-order valence-electron chi connectivity index (χ3n) is 4.64. The summed E-state index contributed by atoms with van der Waals surface area (Å²) < 4.78 is 10.5. The minimum atomic E-state index is -0.558. The van der Waals surface area contributed by atoms with E-state index in [2.05, 4.69) is 10.6 Å². The topological polar surface area (TPSA) is 79.9 Å². The molecule has 1 aliphatic rings. The van der Waals surface area contributed by atoms with Gasteiger partial charge in [0, 0.05) is 25.7 Å². The molecule has 2 aromatic carbocycles. The molecule has 27 heavy (non-hydrogen) atoms. The Morgan fingerprint density at radius 3 is 2.56 bits per heavy atom. The van der Waals surface area contributed by atoms with Crippen LogP contribution in [0.25, 0.3) is 0 Å². The highest BCUT2D eigenvalue weighted by atomic mass is 16.5. The maximum absolute atomic E-state index is 12.9. The number of nitrogens with zero attached hydrogens (tertiary/aromatic N) is 1. The van der Waals surface area contributed by atoms with Gasteiger partial charge >= 0.3 is 6.03 Å². The van der Waals surface area contributed by atoms with E-state index in [1.807, 2.05) is 36.4 Å². The van der Waals surface area contributed by atoms with Gasteiger partial charge in [-0.05, 0) is 29.3 Å². The zero-order valence-corrected chi connectivity index (χ0v) is 15.6. The molecule has 0 aliphatic carbocycles. The van der Waals surface area contributed by atoms with Crippen LogP contribution < -0.4 is 25.0 Å². The summed E-state index contributed by atoms with van der Waals surface area (Å²) in [5.74, 6) is 1.03. The molecule has 3 rings (SSSR count). The summed E-state index contributed by atoms with van der Waals surface area (Å²) in [5, 5.41) is 5.53. The molecule has 1 heterocycles. The molecule has 1 aliphatic heterocycles. The predicted octanol–water partition coefficient (Wildman–Crippen LogP) is 2.09. The zero-order chi connectivity index (χ0) is 19.4. The van der Waals surface area contributed by atoms with Gasteiger partial charge in [0.05, 0.1) is 14.2 Å². The van der Waals surface area contributed by atoms with Crippen molar-refractivity contribution in [3.05, 3.63) is 53.6 Å². The van der Waals surface area contributed by atoms with Crippen LogP contribution >= 0.6 is 0 Å². The number of methoxy groups -OCH3 is 2. The van der Waals surface area contributed by atoms with Gasteiger partial charge in [-0.25, -0.2) is 4.79 Å². The number of para-hydroxylation sites is 1. The second-order valence-electron chi connectivity index (χ2n) is 6.18. The molecule has 1 unspecified atom stereocenters. The van der Waals surface area contributed by atoms with Crippen molar-refractivity contribution in [2.45, 2.75) is 19.0 Å². The summed E-state index contributed by atoms with van der Waals surface area (Å²) in [4.78, 5) is 26.7. The van der Waals surface area contributed by atoms with Crippen molar-refractivity contribution in [1.82, 2.24) is 10.6 Å². The van der Waals surface area contributed by atoms with Crippen LogP contribution in [0.3, 0.4) is 0 Å². The van der Waals surface area contributed by atoms with Crippen LogP contribution in [-0.4, -0.2) is 39.2 Å². The molecule has 3 amide bonds. The molecule has 7 nitrogen and oxygen atoms in total. The van der Waals surface area contributed by atoms with Gasteiger partial charge < -0.3 is 20.1 Å². The number of nitrogens with one attached hydrogen (secondary N) is 2. The summed E-state index contributed by atoms with van der Waals surface area (Å²) >= 11 is 0. The summed E-state index contributed by atoms with van der Waals surface area (Å²) in [6, 6.07) is 12.1. The van der Waals surface area contributed by atoms with Gasteiger partial charge in [0.15, 0.2) is 11.5 Å². The Bertz CT molecular complexity index is 853. The summed E-state index contributed by atoms with van der Waals surface area (Å²) in [5.41, 5.74) is 2.60. The van der Waals surface area contributed by atoms with Gasteiger partial charge in [-0.15, -0.1) is 0 Å². The minimum absolute atomic E-state index is 0.188. The minimum Gasteiger partial charge on any atom is -0.493 e. The van der Waals surface area contributed by atoms with Gasteiger partial charge in [-0.1, -0.05) is 24.3 Å². The Kier molecular flexibility index (Phi) is 5.49. The molecule has 142 valence electrons. The van der Waals surface area contributed by atoms with E-state index in [-0.39, 0.29) is 11.9 Å². The molecule has 2 N–H and O–H groups in total. The van der Waals surface area contributed by atoms with Crippen molar-refractivity contribution in [3.8, 4) is 11.5 Å². The molecule has 1 atom stereocenters. The van der Waals surface area contributed by atoms with Crippen LogP contribution in [0.1, 0.15) is 11.1 Å². The molecule has 2 aromatic rings. The van der Waals surface area contributed by atoms with E-state index >= 15 is 0 Å². The van der Waals surface area contributed by atoms with Crippen molar-refractivity contribution in [2.24, 2.45) is 0 Å². The van der Waals surface area contributed by atoms with Crippen molar-refractivity contribution in [3.63, 3.8) is 0 Å². The number of carbonyl (C=O) groups excluding carboxylic acids is 2. The fourth-order valence-corrected chi connectivity index (χ4v) is 3.27. The van der Waals surface area contributed by atoms with Crippen LogP contribution in [0.5, 0.6) is 11.5 Å². The zero-order valence-electron chi connectivity index (χ0n) is 15.6. The fraction of sp³-hybridized carbons (Fsp3) is 0.300. The highest BCUT2D eigenvalue weighted by Gasteiger charge is 2.37. The molecular formula is C20H23N3O4. The molecule has 0 aromatic heterocycles. The van der Waals surface area contributed by atoms with Gasteiger partial charge in [0.25, 0.3) is 0 Å². The molecule has 0 fully saturated rings. The number of benzene rings is 2. The number of fused-ring (bicyclic) bond motifs is 1. The highest BCUT2D eigenvalue weighted by Crippen LogP contribution is 2.32. The van der Waals surface area contributed by atoms with Crippen molar-refractivity contribution < 1.29 is 19.1 Å². The fourth-order valence-electron chi connectivity index (χ4n) is 3.27. The smallest absolute Gasteiger partial charge is 0.322 e. The second kappa shape index (κ2) is 7.99. The number of ether oxygens (including phenoxy) is 2. The summed E-state index contributed by atoms with van der Waals surface area (Å²) in [6.45, 7) is 0.304. The quantitative estimate of drug-likeness (QED) is 0.846. The van der Waals surface area contributed by atoms with Gasteiger partial charge in [0.1, 0.15) is 6.04 Å². The van der Waals surface area contributed by atoms with E-state index in [9.17, 15) is 9.59 Å². The molecule has 0 saturated carbocycles. The highest BCUT2D eigenvalue weighted by molar-refractivity contribution is 6.02. The average Bonchev–Trinajstić information content (AvgIpc) is 3.10. The maximum atomic E-state index is 12.9. The van der Waals surface area contributed by atoms with Crippen molar-refractivity contribution in [1.29, 1.82) is 0 Å². The number of urea groups is 1. The Morgan fingerprint density at radius 1 is 1.11 bits per heavy atom. The lowest BCUT2D eigenvalue weighted by atomic mass is 10.1. The third-order valence-corrected chi connectivity index (χ3v) is 4.64. The molecular weight excluding hydrogens is 346 g/mol. The maximum Gasteiger partial charge on any atom is 0.322 e. The number of carbonyl (C=O) groups is 2. The number of likely N-dealkylation sites (N-methyl/N-ethyl adjacent to an activating group) is 1. The third kappa shape index (κ3) is 3.67. The standard InChI is InChI=1S/C20H23N3O4/c1-21-19(24)16-11-14-6-4-5-7-15(14)23(16)20(25)22-12-13-8-9-17(26-2)18(10-13)27-3/h4-10,16H,11-12H2,1-3H3,(H,21,24)(H,22,25). The van der Waals surface area contributed by atoms with E-state index in [4.69, 9.17) is 9.47 Å². The lowest BCUT2D eigenvalue weighted by molar-refractivity contribution is -0.121. The normalized spacial score (nSPS) is 15.1. The van der Waals surface area contributed by atoms with Gasteiger partial charge in [-0.2, -0.15) is 0 Å². The molecule has 0 radical (unpaired) electrons. The molecule has 7 heteroatoms. The monoisotopic (exact) mass is 369 g/mol. The first-order chi connectivity index (χ1) is 13.1. The summed E-state index contributed by atoms with van der Waals surface area (Å²) in [7, 11) is 4.71. The van der Waals surface area contributed by atoms with E-state index in [0.29, 0.717) is 24.5 Å². The van der Waals surface area contributed by atoms with Gasteiger partial charge in [-0.3, -0.25) is 9.69 Å². The van der Waals surface area contributed by atoms with Crippen LogP contribution in [0.2, 0.25) is 0 Å². The van der Waals surface area contributed by atoms with E-state index < -0.39 is 6.04 Å². The Balaban J connectivity index is 1.77. The Hall–Kier alpha value is -3.22. The first kappa shape index (κ1) is 18.6. The van der Waals surface area contributed by atoms with Crippen molar-refractivity contribution in [2.75, 3.05) is 26.2 Å². The van der Waals surface area contributed by atoms with E-state index in [0.717, 1.165) is 16.8 Å². The first-order valence-electron chi connectivity index (χ1n) is 8.66. The number of anilines is 1. The molecule has 0 saturated heterocycles. The Labute approximate surface area is 158 Å². The predicted molar refractivity (Wildman–Crippen MR) is 102 cm³/mol.